The van der Waals surface area contributed by atoms with E-state index in [4.69, 9.17) is 9.47 Å². The molecule has 1 aliphatic heterocycles. The number of pyridine rings is 1. The smallest absolute Gasteiger partial charge is 0.255 e. The quantitative estimate of drug-likeness (QED) is 0.750. The zero-order valence-electron chi connectivity index (χ0n) is 13.9. The van der Waals surface area contributed by atoms with E-state index < -0.39 is 0 Å². The van der Waals surface area contributed by atoms with E-state index in [2.05, 4.69) is 15.6 Å². The van der Waals surface area contributed by atoms with Crippen molar-refractivity contribution in [2.75, 3.05) is 23.8 Å². The summed E-state index contributed by atoms with van der Waals surface area (Å²) in [4.78, 5) is 16.5. The maximum atomic E-state index is 12.1. The molecule has 1 aromatic heterocycles. The predicted octanol–water partition coefficient (Wildman–Crippen LogP) is 3.85. The van der Waals surface area contributed by atoms with E-state index in [-0.39, 0.29) is 5.91 Å². The number of carbonyl (C=O) groups excluding carboxylic acids is 1. The van der Waals surface area contributed by atoms with Crippen molar-refractivity contribution >= 4 is 23.1 Å². The minimum atomic E-state index is -0.167. The zero-order valence-corrected chi connectivity index (χ0v) is 13.9. The van der Waals surface area contributed by atoms with Crippen molar-refractivity contribution in [3.05, 3.63) is 72.4 Å². The topological polar surface area (TPSA) is 72.5 Å². The first-order valence-electron chi connectivity index (χ1n) is 8.27. The monoisotopic (exact) mass is 347 g/mol. The third kappa shape index (κ3) is 3.59. The van der Waals surface area contributed by atoms with Crippen molar-refractivity contribution in [3.63, 3.8) is 0 Å². The van der Waals surface area contributed by atoms with Crippen molar-refractivity contribution in [2.24, 2.45) is 0 Å². The summed E-state index contributed by atoms with van der Waals surface area (Å²) in [7, 11) is 0. The van der Waals surface area contributed by atoms with Crippen LogP contribution in [0.25, 0.3) is 0 Å². The number of hydrogen-bond donors (Lipinski definition) is 2. The standard InChI is InChI=1S/C20H17N3O3/c24-20(14-4-2-1-3-5-14)23-16-7-9-19(21-13-16)22-15-6-8-17-18(12-15)26-11-10-25-17/h1-9,12-13H,10-11H2,(H,21,22)(H,23,24). The average molecular weight is 347 g/mol. The van der Waals surface area contributed by atoms with Crippen LogP contribution in [0, 0.1) is 0 Å². The van der Waals surface area contributed by atoms with Gasteiger partial charge >= 0.3 is 0 Å². The van der Waals surface area contributed by atoms with Crippen molar-refractivity contribution < 1.29 is 14.3 Å². The highest BCUT2D eigenvalue weighted by Gasteiger charge is 2.12. The summed E-state index contributed by atoms with van der Waals surface area (Å²) in [6.45, 7) is 1.11. The van der Waals surface area contributed by atoms with Gasteiger partial charge in [0, 0.05) is 17.3 Å². The van der Waals surface area contributed by atoms with Gasteiger partial charge in [0.25, 0.3) is 5.91 Å². The largest absolute Gasteiger partial charge is 0.486 e. The summed E-state index contributed by atoms with van der Waals surface area (Å²) in [5, 5.41) is 6.03. The molecule has 0 saturated carbocycles. The van der Waals surface area contributed by atoms with Gasteiger partial charge in [0.05, 0.1) is 11.9 Å². The van der Waals surface area contributed by atoms with Crippen LogP contribution in [0.5, 0.6) is 11.5 Å². The van der Waals surface area contributed by atoms with E-state index in [1.54, 1.807) is 30.5 Å². The molecule has 0 aliphatic carbocycles. The molecule has 2 heterocycles. The first-order valence-corrected chi connectivity index (χ1v) is 8.27. The number of nitrogens with zero attached hydrogens (tertiary/aromatic N) is 1. The molecule has 2 N–H and O–H groups in total. The Bertz CT molecular complexity index is 911. The van der Waals surface area contributed by atoms with Crippen molar-refractivity contribution in [3.8, 4) is 11.5 Å². The van der Waals surface area contributed by atoms with Crippen molar-refractivity contribution in [1.82, 2.24) is 4.98 Å². The Labute approximate surface area is 150 Å². The summed E-state index contributed by atoms with van der Waals surface area (Å²) in [5.41, 5.74) is 2.08. The molecular weight excluding hydrogens is 330 g/mol. The van der Waals surface area contributed by atoms with Crippen LogP contribution in [0.1, 0.15) is 10.4 Å². The molecule has 130 valence electrons. The van der Waals surface area contributed by atoms with Gasteiger partial charge in [-0.3, -0.25) is 4.79 Å². The number of fused-ring (bicyclic) bond motifs is 1. The molecule has 1 amide bonds. The predicted molar refractivity (Wildman–Crippen MR) is 99.3 cm³/mol. The highest BCUT2D eigenvalue weighted by atomic mass is 16.6. The highest BCUT2D eigenvalue weighted by Crippen LogP contribution is 2.33. The number of amides is 1. The molecule has 3 aromatic rings. The molecule has 1 aliphatic rings. The maximum absolute atomic E-state index is 12.1. The molecule has 0 atom stereocenters. The van der Waals surface area contributed by atoms with Gasteiger partial charge in [-0.05, 0) is 36.4 Å². The Hall–Kier alpha value is -3.54. The number of hydrogen-bond acceptors (Lipinski definition) is 5. The van der Waals surface area contributed by atoms with Gasteiger partial charge in [-0.2, -0.15) is 0 Å². The van der Waals surface area contributed by atoms with Crippen LogP contribution in [0.15, 0.2) is 66.9 Å². The molecule has 0 unspecified atom stereocenters. The number of anilines is 3. The summed E-state index contributed by atoms with van der Waals surface area (Å²) < 4.78 is 11.1. The van der Waals surface area contributed by atoms with E-state index in [9.17, 15) is 4.79 Å². The Kier molecular flexibility index (Phi) is 4.38. The second kappa shape index (κ2) is 7.14. The fourth-order valence-electron chi connectivity index (χ4n) is 2.60. The van der Waals surface area contributed by atoms with Gasteiger partial charge in [0.1, 0.15) is 19.0 Å². The minimum absolute atomic E-state index is 0.167. The van der Waals surface area contributed by atoms with E-state index in [1.165, 1.54) is 0 Å². The van der Waals surface area contributed by atoms with Crippen LogP contribution in [0.3, 0.4) is 0 Å². The molecule has 0 saturated heterocycles. The van der Waals surface area contributed by atoms with E-state index in [1.807, 2.05) is 36.4 Å². The molecule has 6 heteroatoms. The third-order valence-electron chi connectivity index (χ3n) is 3.87. The number of rotatable bonds is 4. The normalized spacial score (nSPS) is 12.3. The second-order valence-electron chi connectivity index (χ2n) is 5.74. The first kappa shape index (κ1) is 16.0. The van der Waals surface area contributed by atoms with Gasteiger partial charge < -0.3 is 20.1 Å². The lowest BCUT2D eigenvalue weighted by molar-refractivity contribution is 0.102. The summed E-state index contributed by atoms with van der Waals surface area (Å²) in [5.74, 6) is 1.96. The number of ether oxygens (including phenoxy) is 2. The van der Waals surface area contributed by atoms with Crippen molar-refractivity contribution in [1.29, 1.82) is 0 Å². The minimum Gasteiger partial charge on any atom is -0.486 e. The Morgan fingerprint density at radius 3 is 2.42 bits per heavy atom. The van der Waals surface area contributed by atoms with Crippen LogP contribution in [-0.2, 0) is 0 Å². The SMILES string of the molecule is O=C(Nc1ccc(Nc2ccc3c(c2)OCCO3)nc1)c1ccccc1. The third-order valence-corrected chi connectivity index (χ3v) is 3.87. The average Bonchev–Trinajstić information content (AvgIpc) is 2.70. The summed E-state index contributed by atoms with van der Waals surface area (Å²) >= 11 is 0. The number of carbonyl (C=O) groups is 1. The fourth-order valence-corrected chi connectivity index (χ4v) is 2.60. The van der Waals surface area contributed by atoms with E-state index in [0.717, 1.165) is 11.4 Å². The molecule has 26 heavy (non-hydrogen) atoms. The maximum Gasteiger partial charge on any atom is 0.255 e. The van der Waals surface area contributed by atoms with Crippen LogP contribution in [0.2, 0.25) is 0 Å². The zero-order chi connectivity index (χ0) is 17.8. The second-order valence-corrected chi connectivity index (χ2v) is 5.74. The molecule has 0 bridgehead atoms. The van der Waals surface area contributed by atoms with Crippen molar-refractivity contribution in [2.45, 2.75) is 0 Å². The van der Waals surface area contributed by atoms with Crippen LogP contribution in [0.4, 0.5) is 17.2 Å². The molecule has 6 nitrogen and oxygen atoms in total. The lowest BCUT2D eigenvalue weighted by atomic mass is 10.2. The van der Waals surface area contributed by atoms with Gasteiger partial charge in [-0.15, -0.1) is 0 Å². The summed E-state index contributed by atoms with van der Waals surface area (Å²) in [6, 6.07) is 18.3. The van der Waals surface area contributed by atoms with E-state index >= 15 is 0 Å². The fraction of sp³-hybridized carbons (Fsp3) is 0.100. The summed E-state index contributed by atoms with van der Waals surface area (Å²) in [6.07, 6.45) is 1.61. The molecule has 4 rings (SSSR count). The van der Waals surface area contributed by atoms with Gasteiger partial charge in [-0.25, -0.2) is 4.98 Å². The Balaban J connectivity index is 1.42. The van der Waals surface area contributed by atoms with Gasteiger partial charge in [-0.1, -0.05) is 18.2 Å². The first-order chi connectivity index (χ1) is 12.8. The Morgan fingerprint density at radius 1 is 0.885 bits per heavy atom. The molecule has 0 radical (unpaired) electrons. The number of aromatic nitrogens is 1. The van der Waals surface area contributed by atoms with Gasteiger partial charge in [0.2, 0.25) is 0 Å². The molecule has 0 fully saturated rings. The molecular formula is C20H17N3O3. The van der Waals surface area contributed by atoms with Crippen LogP contribution >= 0.6 is 0 Å². The van der Waals surface area contributed by atoms with Crippen LogP contribution in [-0.4, -0.2) is 24.1 Å². The lowest BCUT2D eigenvalue weighted by Gasteiger charge is -2.19. The number of nitrogens with one attached hydrogen (secondary N) is 2. The van der Waals surface area contributed by atoms with E-state index in [0.29, 0.717) is 36.0 Å². The van der Waals surface area contributed by atoms with Gasteiger partial charge in [0.15, 0.2) is 11.5 Å². The highest BCUT2D eigenvalue weighted by molar-refractivity contribution is 6.04. The Morgan fingerprint density at radius 2 is 1.65 bits per heavy atom. The molecule has 2 aromatic carbocycles. The molecule has 0 spiro atoms. The number of benzene rings is 2. The lowest BCUT2D eigenvalue weighted by Crippen LogP contribution is -2.15. The van der Waals surface area contributed by atoms with Crippen LogP contribution < -0.4 is 20.1 Å².